The highest BCUT2D eigenvalue weighted by Gasteiger charge is 2.28. The van der Waals surface area contributed by atoms with E-state index in [9.17, 15) is 18.4 Å². The van der Waals surface area contributed by atoms with Crippen LogP contribution in [0.25, 0.3) is 6.08 Å². The van der Waals surface area contributed by atoms with Gasteiger partial charge in [-0.15, -0.1) is 0 Å². The zero-order chi connectivity index (χ0) is 30.5. The number of anilines is 2. The molecule has 1 saturated heterocycles. The van der Waals surface area contributed by atoms with Crippen LogP contribution < -0.4 is 15.5 Å². The summed E-state index contributed by atoms with van der Waals surface area (Å²) in [5.74, 6) is 0.416. The van der Waals surface area contributed by atoms with Gasteiger partial charge in [-0.05, 0) is 68.7 Å². The van der Waals surface area contributed by atoms with Crippen LogP contribution in [-0.4, -0.2) is 54.0 Å². The van der Waals surface area contributed by atoms with Crippen LogP contribution in [0.15, 0.2) is 89.1 Å². The standard InChI is InChI=1S/C33H35F2N5O3/c1-4-22(18-24(34)5-2)23-10-12-29-26(19-23)21(3)31(43-29)32(41)37-25-11-13-30(36-20-25)39-14-16-40(17-15-39)33(42)38-28-9-7-6-8-27(28)35/h4-8,10-13,18,20,23,28H,2,9,14-17,19H2,1,3H3,(H,37,41)(H,38,42). The number of nitrogens with zero attached hydrogens (tertiary/aromatic N) is 3. The predicted octanol–water partition coefficient (Wildman–Crippen LogP) is 6.42. The average molecular weight is 588 g/mol. The lowest BCUT2D eigenvalue weighted by atomic mass is 9.85. The number of rotatable bonds is 7. The summed E-state index contributed by atoms with van der Waals surface area (Å²) in [6.07, 6.45) is 15.8. The van der Waals surface area contributed by atoms with Gasteiger partial charge in [0.15, 0.2) is 5.76 Å². The molecule has 2 aromatic rings. The Hall–Kier alpha value is -4.73. The van der Waals surface area contributed by atoms with Crippen LogP contribution in [-0.2, 0) is 6.42 Å². The first-order valence-corrected chi connectivity index (χ1v) is 14.3. The number of halogens is 2. The number of fused-ring (bicyclic) bond motifs is 1. The Balaban J connectivity index is 1.16. The highest BCUT2D eigenvalue weighted by Crippen LogP contribution is 2.34. The molecule has 1 fully saturated rings. The van der Waals surface area contributed by atoms with Crippen molar-refractivity contribution in [2.24, 2.45) is 5.92 Å². The second-order valence-corrected chi connectivity index (χ2v) is 10.6. The van der Waals surface area contributed by atoms with Crippen molar-refractivity contribution < 1.29 is 22.8 Å². The van der Waals surface area contributed by atoms with Gasteiger partial charge < -0.3 is 24.9 Å². The molecule has 2 aromatic heterocycles. The second-order valence-electron chi connectivity index (χ2n) is 10.6. The fraction of sp³-hybridized carbons (Fsp3) is 0.303. The molecule has 10 heteroatoms. The lowest BCUT2D eigenvalue weighted by Gasteiger charge is -2.36. The Morgan fingerprint density at radius 3 is 2.67 bits per heavy atom. The van der Waals surface area contributed by atoms with E-state index in [4.69, 9.17) is 4.42 Å². The summed E-state index contributed by atoms with van der Waals surface area (Å²) in [6, 6.07) is 2.70. The van der Waals surface area contributed by atoms with Gasteiger partial charge in [0, 0.05) is 43.2 Å². The van der Waals surface area contributed by atoms with Crippen LogP contribution in [0.5, 0.6) is 0 Å². The number of piperazine rings is 1. The minimum Gasteiger partial charge on any atom is -0.451 e. The van der Waals surface area contributed by atoms with E-state index in [0.717, 1.165) is 22.5 Å². The van der Waals surface area contributed by atoms with Crippen LogP contribution in [0, 0.1) is 12.8 Å². The molecule has 3 aliphatic rings. The number of pyridine rings is 1. The first kappa shape index (κ1) is 29.8. The van der Waals surface area contributed by atoms with E-state index in [2.05, 4.69) is 27.1 Å². The van der Waals surface area contributed by atoms with E-state index >= 15 is 0 Å². The number of carbonyl (C=O) groups excluding carboxylic acids is 2. The Morgan fingerprint density at radius 1 is 1.21 bits per heavy atom. The molecule has 0 saturated carbocycles. The van der Waals surface area contributed by atoms with Crippen molar-refractivity contribution in [3.05, 3.63) is 107 Å². The second kappa shape index (κ2) is 13.1. The molecule has 0 spiro atoms. The zero-order valence-electron chi connectivity index (χ0n) is 24.3. The first-order chi connectivity index (χ1) is 20.8. The molecule has 0 bridgehead atoms. The quantitative estimate of drug-likeness (QED) is 0.365. The third-order valence-electron chi connectivity index (χ3n) is 7.96. The Bertz CT molecular complexity index is 1540. The lowest BCUT2D eigenvalue weighted by molar-refractivity contribution is 0.0995. The van der Waals surface area contributed by atoms with E-state index in [1.54, 1.807) is 23.2 Å². The minimum atomic E-state index is -0.620. The van der Waals surface area contributed by atoms with Crippen molar-refractivity contribution in [2.75, 3.05) is 36.4 Å². The Kier molecular flexibility index (Phi) is 9.04. The van der Waals surface area contributed by atoms with Gasteiger partial charge in [-0.3, -0.25) is 4.79 Å². The number of hydrogen-bond acceptors (Lipinski definition) is 5. The molecule has 3 heterocycles. The Labute approximate surface area is 249 Å². The molecule has 1 aliphatic heterocycles. The largest absolute Gasteiger partial charge is 0.451 e. The fourth-order valence-electron chi connectivity index (χ4n) is 5.46. The third kappa shape index (κ3) is 6.69. The van der Waals surface area contributed by atoms with E-state index in [-0.39, 0.29) is 29.4 Å². The molecular weight excluding hydrogens is 552 g/mol. The Morgan fingerprint density at radius 2 is 2.00 bits per heavy atom. The average Bonchev–Trinajstić information content (AvgIpc) is 3.36. The highest BCUT2D eigenvalue weighted by molar-refractivity contribution is 6.03. The minimum absolute atomic E-state index is 0.0436. The zero-order valence-corrected chi connectivity index (χ0v) is 24.3. The molecule has 2 N–H and O–H groups in total. The number of aromatic nitrogens is 1. The van der Waals surface area contributed by atoms with Crippen molar-refractivity contribution in [1.82, 2.24) is 15.2 Å². The summed E-state index contributed by atoms with van der Waals surface area (Å²) in [7, 11) is 0. The molecule has 0 radical (unpaired) electrons. The maximum atomic E-state index is 13.9. The van der Waals surface area contributed by atoms with Gasteiger partial charge in [-0.25, -0.2) is 18.6 Å². The van der Waals surface area contributed by atoms with E-state index in [0.29, 0.717) is 50.5 Å². The van der Waals surface area contributed by atoms with Gasteiger partial charge in [0.2, 0.25) is 0 Å². The maximum absolute atomic E-state index is 13.9. The molecule has 8 nitrogen and oxygen atoms in total. The summed E-state index contributed by atoms with van der Waals surface area (Å²) in [4.78, 5) is 34.0. The first-order valence-electron chi connectivity index (χ1n) is 14.3. The molecule has 224 valence electrons. The van der Waals surface area contributed by atoms with Crippen LogP contribution in [0.3, 0.4) is 0 Å². The van der Waals surface area contributed by atoms with Gasteiger partial charge in [0.25, 0.3) is 5.91 Å². The molecule has 3 amide bonds. The van der Waals surface area contributed by atoms with E-state index in [1.807, 2.05) is 44.2 Å². The summed E-state index contributed by atoms with van der Waals surface area (Å²) < 4.78 is 33.7. The van der Waals surface area contributed by atoms with Crippen molar-refractivity contribution in [2.45, 2.75) is 32.7 Å². The topological polar surface area (TPSA) is 90.7 Å². The molecule has 5 rings (SSSR count). The molecule has 2 atom stereocenters. The summed E-state index contributed by atoms with van der Waals surface area (Å²) in [5, 5.41) is 5.62. The summed E-state index contributed by atoms with van der Waals surface area (Å²) in [5.41, 5.74) is 3.01. The number of carbonyl (C=O) groups is 2. The van der Waals surface area contributed by atoms with Crippen molar-refractivity contribution >= 4 is 29.5 Å². The molecule has 0 aromatic carbocycles. The normalized spacial score (nSPS) is 20.4. The monoisotopic (exact) mass is 587 g/mol. The van der Waals surface area contributed by atoms with Crippen molar-refractivity contribution in [3.63, 3.8) is 0 Å². The summed E-state index contributed by atoms with van der Waals surface area (Å²) >= 11 is 0. The number of nitrogens with one attached hydrogen (secondary N) is 2. The van der Waals surface area contributed by atoms with Crippen molar-refractivity contribution in [1.29, 1.82) is 0 Å². The number of allylic oxidation sites excluding steroid dienone is 8. The van der Waals surface area contributed by atoms with Crippen LogP contribution >= 0.6 is 0 Å². The van der Waals surface area contributed by atoms with E-state index < -0.39 is 11.9 Å². The molecule has 2 aliphatic carbocycles. The van der Waals surface area contributed by atoms with Gasteiger partial charge >= 0.3 is 6.03 Å². The van der Waals surface area contributed by atoms with Crippen molar-refractivity contribution in [3.8, 4) is 0 Å². The molecule has 43 heavy (non-hydrogen) atoms. The van der Waals surface area contributed by atoms with Gasteiger partial charge in [-0.2, -0.15) is 0 Å². The third-order valence-corrected chi connectivity index (χ3v) is 7.96. The highest BCUT2D eigenvalue weighted by atomic mass is 19.1. The predicted molar refractivity (Wildman–Crippen MR) is 164 cm³/mol. The molecule has 2 unspecified atom stereocenters. The van der Waals surface area contributed by atoms with Gasteiger partial charge in [0.05, 0.1) is 17.9 Å². The number of hydrogen-bond donors (Lipinski definition) is 2. The van der Waals surface area contributed by atoms with Gasteiger partial charge in [-0.1, -0.05) is 30.9 Å². The fourth-order valence-corrected chi connectivity index (χ4v) is 5.46. The number of amides is 3. The van der Waals surface area contributed by atoms with E-state index in [1.165, 1.54) is 18.2 Å². The SMILES string of the molecule is C=CC(F)=CC(=CC)C1C=Cc2oc(C(=O)Nc3ccc(N4CCN(C(=O)NC5CC=CC=C5F)CC4)nc3)c(C)c2C1. The number of furan rings is 1. The summed E-state index contributed by atoms with van der Waals surface area (Å²) in [6.45, 7) is 9.30. The smallest absolute Gasteiger partial charge is 0.318 e. The number of urea groups is 1. The van der Waals surface area contributed by atoms with Gasteiger partial charge in [0.1, 0.15) is 23.2 Å². The lowest BCUT2D eigenvalue weighted by Crippen LogP contribution is -2.53. The van der Waals surface area contributed by atoms with Crippen LogP contribution in [0.2, 0.25) is 0 Å². The van der Waals surface area contributed by atoms with Crippen LogP contribution in [0.1, 0.15) is 40.8 Å². The maximum Gasteiger partial charge on any atom is 0.318 e. The molecular formula is C33H35F2N5O3. The van der Waals surface area contributed by atoms with Crippen LogP contribution in [0.4, 0.5) is 25.1 Å².